The largest absolute Gasteiger partial charge is 0.322 e. The van der Waals surface area contributed by atoms with Gasteiger partial charge in [0.1, 0.15) is 0 Å². The summed E-state index contributed by atoms with van der Waals surface area (Å²) in [5.41, 5.74) is 9.31. The highest BCUT2D eigenvalue weighted by molar-refractivity contribution is 5.91. The molecule has 1 atom stereocenters. The molecule has 34 heavy (non-hydrogen) atoms. The highest BCUT2D eigenvalue weighted by Gasteiger charge is 2.33. The van der Waals surface area contributed by atoms with E-state index in [1.165, 1.54) is 29.5 Å². The summed E-state index contributed by atoms with van der Waals surface area (Å²) >= 11 is 0. The summed E-state index contributed by atoms with van der Waals surface area (Å²) in [4.78, 5) is 16.0. The molecular formula is C30H29N3O. The van der Waals surface area contributed by atoms with Crippen LogP contribution in [0.5, 0.6) is 0 Å². The Morgan fingerprint density at radius 3 is 2.62 bits per heavy atom. The second-order valence-corrected chi connectivity index (χ2v) is 9.46. The average molecular weight is 448 g/mol. The number of fused-ring (bicyclic) bond motifs is 4. The summed E-state index contributed by atoms with van der Waals surface area (Å²) in [5.74, 6) is 0. The van der Waals surface area contributed by atoms with Crippen LogP contribution in [0.4, 0.5) is 10.5 Å². The molecule has 1 aromatic heterocycles. The number of hydrogen-bond donors (Lipinski definition) is 1. The lowest BCUT2D eigenvalue weighted by Crippen LogP contribution is -2.38. The fourth-order valence-electron chi connectivity index (χ4n) is 5.62. The number of nitrogens with zero attached hydrogens (tertiary/aromatic N) is 2. The Morgan fingerprint density at radius 1 is 0.882 bits per heavy atom. The fraction of sp³-hybridized carbons (Fsp3) is 0.233. The van der Waals surface area contributed by atoms with Crippen molar-refractivity contribution in [3.8, 4) is 5.69 Å². The minimum Gasteiger partial charge on any atom is -0.318 e. The maximum absolute atomic E-state index is 14.0. The first-order valence-corrected chi connectivity index (χ1v) is 12.2. The van der Waals surface area contributed by atoms with Crippen molar-refractivity contribution in [1.82, 2.24) is 9.47 Å². The standard InChI is InChI=1S/C30H29N3O/c1-21-9-6-13-23(19-21)29-28-17-8-18-32(28)27-16-5-3-11-24(27)20-33(29)30(34)31-26-15-7-12-22-10-2-4-14-25(22)26/h3,5-9,11-13,15-19,29H,2,4,10,14,20H2,1H3,(H,31,34)/t29-/m1/s1. The predicted molar refractivity (Wildman–Crippen MR) is 136 cm³/mol. The molecule has 3 aromatic carbocycles. The molecule has 0 bridgehead atoms. The van der Waals surface area contributed by atoms with Gasteiger partial charge in [-0.15, -0.1) is 0 Å². The third kappa shape index (κ3) is 3.60. The quantitative estimate of drug-likeness (QED) is 0.360. The van der Waals surface area contributed by atoms with Gasteiger partial charge in [0.05, 0.1) is 18.3 Å². The van der Waals surface area contributed by atoms with E-state index in [1.54, 1.807) is 0 Å². The highest BCUT2D eigenvalue weighted by Crippen LogP contribution is 2.37. The monoisotopic (exact) mass is 447 g/mol. The maximum Gasteiger partial charge on any atom is 0.322 e. The zero-order valence-corrected chi connectivity index (χ0v) is 19.5. The number of anilines is 1. The smallest absolute Gasteiger partial charge is 0.318 e. The Balaban J connectivity index is 1.46. The normalized spacial score (nSPS) is 16.7. The van der Waals surface area contributed by atoms with E-state index in [4.69, 9.17) is 0 Å². The number of benzene rings is 3. The summed E-state index contributed by atoms with van der Waals surface area (Å²) < 4.78 is 2.24. The van der Waals surface area contributed by atoms with Crippen molar-refractivity contribution in [2.24, 2.45) is 0 Å². The van der Waals surface area contributed by atoms with Gasteiger partial charge in [0.25, 0.3) is 0 Å². The van der Waals surface area contributed by atoms with E-state index in [9.17, 15) is 4.79 Å². The first-order chi connectivity index (χ1) is 16.7. The number of para-hydroxylation sites is 1. The first-order valence-electron chi connectivity index (χ1n) is 12.2. The van der Waals surface area contributed by atoms with Crippen molar-refractivity contribution in [3.63, 3.8) is 0 Å². The summed E-state index contributed by atoms with van der Waals surface area (Å²) in [6.07, 6.45) is 6.62. The van der Waals surface area contributed by atoms with E-state index in [1.807, 2.05) is 4.90 Å². The number of carbonyl (C=O) groups is 1. The number of amides is 2. The van der Waals surface area contributed by atoms with Gasteiger partial charge in [-0.3, -0.25) is 0 Å². The van der Waals surface area contributed by atoms with Crippen molar-refractivity contribution < 1.29 is 4.79 Å². The molecule has 2 aliphatic rings. The van der Waals surface area contributed by atoms with E-state index in [0.717, 1.165) is 41.0 Å². The zero-order valence-electron chi connectivity index (χ0n) is 19.5. The third-order valence-electron chi connectivity index (χ3n) is 7.22. The zero-order chi connectivity index (χ0) is 23.1. The number of urea groups is 1. The summed E-state index contributed by atoms with van der Waals surface area (Å²) in [6.45, 7) is 2.64. The Morgan fingerprint density at radius 2 is 1.71 bits per heavy atom. The van der Waals surface area contributed by atoms with Crippen molar-refractivity contribution in [1.29, 1.82) is 0 Å². The SMILES string of the molecule is Cc1cccc([C@@H]2c3cccn3-c3ccccc3CN2C(=O)Nc2cccc3c2CCCC3)c1. The molecule has 0 saturated carbocycles. The second-order valence-electron chi connectivity index (χ2n) is 9.46. The molecule has 0 saturated heterocycles. The summed E-state index contributed by atoms with van der Waals surface area (Å²) in [5, 5.41) is 3.31. The lowest BCUT2D eigenvalue weighted by Gasteiger charge is -2.32. The number of aromatic nitrogens is 1. The Bertz CT molecular complexity index is 1370. The first kappa shape index (κ1) is 20.8. The van der Waals surface area contributed by atoms with Gasteiger partial charge in [0, 0.05) is 17.6 Å². The molecule has 2 amide bonds. The highest BCUT2D eigenvalue weighted by atomic mass is 16.2. The van der Waals surface area contributed by atoms with E-state index in [2.05, 4.69) is 102 Å². The molecule has 4 aromatic rings. The van der Waals surface area contributed by atoms with Gasteiger partial charge < -0.3 is 14.8 Å². The molecule has 0 fully saturated rings. The van der Waals surface area contributed by atoms with Crippen LogP contribution < -0.4 is 5.32 Å². The van der Waals surface area contributed by atoms with Gasteiger partial charge in [0.15, 0.2) is 0 Å². The molecule has 2 heterocycles. The topological polar surface area (TPSA) is 37.3 Å². The maximum atomic E-state index is 14.0. The van der Waals surface area contributed by atoms with E-state index in [0.29, 0.717) is 6.54 Å². The lowest BCUT2D eigenvalue weighted by molar-refractivity contribution is 0.194. The molecule has 1 N–H and O–H groups in total. The van der Waals surface area contributed by atoms with Crippen molar-refractivity contribution >= 4 is 11.7 Å². The minimum absolute atomic E-state index is 0.0602. The van der Waals surface area contributed by atoms with Crippen molar-refractivity contribution in [2.45, 2.75) is 45.2 Å². The predicted octanol–water partition coefficient (Wildman–Crippen LogP) is 6.80. The van der Waals surface area contributed by atoms with Gasteiger partial charge in [-0.1, -0.05) is 60.2 Å². The Labute approximate surface area is 200 Å². The van der Waals surface area contributed by atoms with Gasteiger partial charge >= 0.3 is 6.03 Å². The van der Waals surface area contributed by atoms with Gasteiger partial charge in [-0.25, -0.2) is 4.79 Å². The third-order valence-corrected chi connectivity index (χ3v) is 7.22. The number of hydrogen-bond acceptors (Lipinski definition) is 1. The number of aryl methyl sites for hydroxylation is 2. The van der Waals surface area contributed by atoms with E-state index >= 15 is 0 Å². The molecule has 6 rings (SSSR count). The van der Waals surface area contributed by atoms with Gasteiger partial charge in [-0.2, -0.15) is 0 Å². The van der Waals surface area contributed by atoms with E-state index < -0.39 is 0 Å². The van der Waals surface area contributed by atoms with Crippen molar-refractivity contribution in [3.05, 3.63) is 119 Å². The molecule has 4 heteroatoms. The molecular weight excluding hydrogens is 418 g/mol. The average Bonchev–Trinajstić information content (AvgIpc) is 3.28. The van der Waals surface area contributed by atoms with E-state index in [-0.39, 0.29) is 12.1 Å². The second kappa shape index (κ2) is 8.53. The van der Waals surface area contributed by atoms with Crippen LogP contribution in [0.15, 0.2) is 85.1 Å². The van der Waals surface area contributed by atoms with Gasteiger partial charge in [0.2, 0.25) is 0 Å². The van der Waals surface area contributed by atoms with Crippen LogP contribution in [0.25, 0.3) is 5.69 Å². The summed E-state index contributed by atoms with van der Waals surface area (Å²) in [7, 11) is 0. The minimum atomic E-state index is -0.193. The molecule has 0 unspecified atom stereocenters. The van der Waals surface area contributed by atoms with Crippen LogP contribution in [-0.2, 0) is 19.4 Å². The molecule has 1 aliphatic heterocycles. The lowest BCUT2D eigenvalue weighted by atomic mass is 9.90. The van der Waals surface area contributed by atoms with Gasteiger partial charge in [-0.05, 0) is 79.1 Å². The van der Waals surface area contributed by atoms with Crippen LogP contribution in [0.3, 0.4) is 0 Å². The number of rotatable bonds is 2. The summed E-state index contributed by atoms with van der Waals surface area (Å²) in [6, 6.07) is 27.2. The van der Waals surface area contributed by atoms with Crippen LogP contribution >= 0.6 is 0 Å². The molecule has 1 aliphatic carbocycles. The molecule has 4 nitrogen and oxygen atoms in total. The van der Waals surface area contributed by atoms with Crippen molar-refractivity contribution in [2.75, 3.05) is 5.32 Å². The molecule has 170 valence electrons. The Kier molecular flexibility index (Phi) is 5.21. The van der Waals surface area contributed by atoms with Crippen LogP contribution in [-0.4, -0.2) is 15.5 Å². The van der Waals surface area contributed by atoms with Crippen LogP contribution in [0.1, 0.15) is 52.4 Å². The fourth-order valence-corrected chi connectivity index (χ4v) is 5.62. The van der Waals surface area contributed by atoms with Crippen LogP contribution in [0.2, 0.25) is 0 Å². The van der Waals surface area contributed by atoms with Crippen LogP contribution in [0, 0.1) is 6.92 Å². The number of carbonyl (C=O) groups excluding carboxylic acids is 1. The Hall–Kier alpha value is -3.79. The molecule has 0 spiro atoms. The number of nitrogens with one attached hydrogen (secondary N) is 1. The molecule has 0 radical (unpaired) electrons.